The number of carbonyl (C=O) groups excluding carboxylic acids is 2. The highest BCUT2D eigenvalue weighted by Gasteiger charge is 2.25. The van der Waals surface area contributed by atoms with Crippen LogP contribution in [0.5, 0.6) is 5.75 Å². The van der Waals surface area contributed by atoms with E-state index in [0.29, 0.717) is 5.69 Å². The smallest absolute Gasteiger partial charge is 0.358 e. The number of nitrogens with one attached hydrogen (secondary N) is 1. The van der Waals surface area contributed by atoms with Gasteiger partial charge in [-0.25, -0.2) is 9.48 Å². The molecule has 1 N–H and O–H groups in total. The zero-order chi connectivity index (χ0) is 21.8. The maximum atomic E-state index is 12.4. The normalized spacial score (nSPS) is 13.4. The molecule has 1 aliphatic rings. The molecule has 0 aliphatic heterocycles. The summed E-state index contributed by atoms with van der Waals surface area (Å²) in [6.45, 7) is 2.03. The van der Waals surface area contributed by atoms with Crippen LogP contribution in [0.15, 0.2) is 54.6 Å². The fraction of sp³-hybridized carbons (Fsp3) is 0.292. The average Bonchev–Trinajstić information content (AvgIpc) is 3.18. The molecule has 1 fully saturated rings. The monoisotopic (exact) mass is 419 g/mol. The maximum absolute atomic E-state index is 12.4. The first-order valence-electron chi connectivity index (χ1n) is 10.4. The summed E-state index contributed by atoms with van der Waals surface area (Å²) < 4.78 is 12.1. The molecule has 1 aliphatic carbocycles. The molecule has 0 atom stereocenters. The van der Waals surface area contributed by atoms with Crippen molar-refractivity contribution >= 4 is 17.6 Å². The van der Waals surface area contributed by atoms with Gasteiger partial charge in [0.05, 0.1) is 25.1 Å². The molecule has 2 aromatic carbocycles. The van der Waals surface area contributed by atoms with Gasteiger partial charge in [-0.2, -0.15) is 5.10 Å². The van der Waals surface area contributed by atoms with Gasteiger partial charge in [0.15, 0.2) is 5.69 Å². The Bertz CT molecular complexity index is 1080. The fourth-order valence-electron chi connectivity index (χ4n) is 3.48. The Morgan fingerprint density at radius 2 is 1.90 bits per heavy atom. The van der Waals surface area contributed by atoms with Gasteiger partial charge in [0.2, 0.25) is 5.91 Å². The van der Waals surface area contributed by atoms with Crippen LogP contribution in [0.2, 0.25) is 0 Å². The van der Waals surface area contributed by atoms with Gasteiger partial charge in [-0.05, 0) is 62.2 Å². The van der Waals surface area contributed by atoms with Gasteiger partial charge in [-0.3, -0.25) is 4.79 Å². The molecule has 160 valence electrons. The second kappa shape index (κ2) is 9.04. The van der Waals surface area contributed by atoms with E-state index in [-0.39, 0.29) is 24.1 Å². The van der Waals surface area contributed by atoms with E-state index in [9.17, 15) is 9.59 Å². The molecule has 1 heterocycles. The molecule has 1 saturated carbocycles. The number of amides is 1. The molecule has 0 radical (unpaired) electrons. The third-order valence-corrected chi connectivity index (χ3v) is 5.41. The molecule has 0 bridgehead atoms. The summed E-state index contributed by atoms with van der Waals surface area (Å²) >= 11 is 0. The van der Waals surface area contributed by atoms with E-state index < -0.39 is 5.97 Å². The first-order valence-corrected chi connectivity index (χ1v) is 10.4. The topological polar surface area (TPSA) is 82.5 Å². The summed E-state index contributed by atoms with van der Waals surface area (Å²) in [5.41, 5.74) is 3.25. The number of hydrogen-bond donors (Lipinski definition) is 1. The lowest BCUT2D eigenvalue weighted by molar-refractivity contribution is -0.122. The Morgan fingerprint density at radius 1 is 1.13 bits per heavy atom. The number of aromatic nitrogens is 2. The number of hydrogen-bond acceptors (Lipinski definition) is 5. The van der Waals surface area contributed by atoms with Crippen LogP contribution in [0.3, 0.4) is 0 Å². The molecule has 0 spiro atoms. The van der Waals surface area contributed by atoms with Crippen molar-refractivity contribution in [3.05, 3.63) is 60.3 Å². The van der Waals surface area contributed by atoms with Crippen molar-refractivity contribution in [1.29, 1.82) is 0 Å². The van der Waals surface area contributed by atoms with Crippen LogP contribution in [0.25, 0.3) is 16.9 Å². The number of ether oxygens (including phenoxy) is 2. The fourth-order valence-corrected chi connectivity index (χ4v) is 3.48. The number of nitrogens with zero attached hydrogens (tertiary/aromatic N) is 2. The SMILES string of the molecule is CCOC(=O)c1cc(-c2cccc(NC(=O)C3CCC3)c2)n(-c2ccc(OC)cc2)n1. The molecular formula is C24H25N3O4. The van der Waals surface area contributed by atoms with E-state index >= 15 is 0 Å². The number of rotatable bonds is 7. The van der Waals surface area contributed by atoms with E-state index in [0.717, 1.165) is 42.0 Å². The number of anilines is 1. The molecule has 7 nitrogen and oxygen atoms in total. The molecule has 1 amide bonds. The summed E-state index contributed by atoms with van der Waals surface area (Å²) in [5, 5.41) is 7.49. The van der Waals surface area contributed by atoms with Crippen LogP contribution in [-0.4, -0.2) is 35.4 Å². The molecule has 31 heavy (non-hydrogen) atoms. The molecule has 0 unspecified atom stereocenters. The van der Waals surface area contributed by atoms with Gasteiger partial charge in [0.25, 0.3) is 0 Å². The molecule has 7 heteroatoms. The van der Waals surface area contributed by atoms with Crippen LogP contribution < -0.4 is 10.1 Å². The third-order valence-electron chi connectivity index (χ3n) is 5.41. The van der Waals surface area contributed by atoms with E-state index in [2.05, 4.69) is 10.4 Å². The van der Waals surface area contributed by atoms with E-state index in [1.807, 2.05) is 48.5 Å². The predicted molar refractivity (Wildman–Crippen MR) is 117 cm³/mol. The van der Waals surface area contributed by atoms with Gasteiger partial charge in [0, 0.05) is 17.2 Å². The lowest BCUT2D eigenvalue weighted by Gasteiger charge is -2.24. The molecule has 3 aromatic rings. The largest absolute Gasteiger partial charge is 0.497 e. The van der Waals surface area contributed by atoms with E-state index in [1.54, 1.807) is 24.8 Å². The number of carbonyl (C=O) groups is 2. The van der Waals surface area contributed by atoms with E-state index in [4.69, 9.17) is 9.47 Å². The lowest BCUT2D eigenvalue weighted by Crippen LogP contribution is -2.27. The summed E-state index contributed by atoms with van der Waals surface area (Å²) in [6, 6.07) is 16.7. The third kappa shape index (κ3) is 4.45. The number of methoxy groups -OCH3 is 1. The van der Waals surface area contributed by atoms with Gasteiger partial charge >= 0.3 is 5.97 Å². The molecule has 4 rings (SSSR count). The highest BCUT2D eigenvalue weighted by atomic mass is 16.5. The summed E-state index contributed by atoms with van der Waals surface area (Å²) in [5.74, 6) is 0.400. The molecule has 1 aromatic heterocycles. The second-order valence-electron chi connectivity index (χ2n) is 7.44. The Balaban J connectivity index is 1.71. The van der Waals surface area contributed by atoms with Crippen molar-refractivity contribution in [2.24, 2.45) is 5.92 Å². The first-order chi connectivity index (χ1) is 15.1. The minimum Gasteiger partial charge on any atom is -0.497 e. The zero-order valence-electron chi connectivity index (χ0n) is 17.6. The van der Waals surface area contributed by atoms with Crippen LogP contribution in [-0.2, 0) is 9.53 Å². The minimum absolute atomic E-state index is 0.0549. The van der Waals surface area contributed by atoms with Gasteiger partial charge in [-0.1, -0.05) is 18.6 Å². The predicted octanol–water partition coefficient (Wildman–Crippen LogP) is 4.46. The molecule has 0 saturated heterocycles. The second-order valence-corrected chi connectivity index (χ2v) is 7.44. The van der Waals surface area contributed by atoms with Crippen LogP contribution in [0, 0.1) is 5.92 Å². The Morgan fingerprint density at radius 3 is 2.55 bits per heavy atom. The molecular weight excluding hydrogens is 394 g/mol. The first kappa shape index (κ1) is 20.7. The van der Waals surface area contributed by atoms with Gasteiger partial charge in [0.1, 0.15) is 5.75 Å². The van der Waals surface area contributed by atoms with Gasteiger partial charge in [-0.15, -0.1) is 0 Å². The minimum atomic E-state index is -0.481. The van der Waals surface area contributed by atoms with Crippen LogP contribution in [0.4, 0.5) is 5.69 Å². The average molecular weight is 419 g/mol. The quantitative estimate of drug-likeness (QED) is 0.572. The highest BCUT2D eigenvalue weighted by molar-refractivity contribution is 5.94. The van der Waals surface area contributed by atoms with Gasteiger partial charge < -0.3 is 14.8 Å². The summed E-state index contributed by atoms with van der Waals surface area (Å²) in [7, 11) is 1.61. The number of esters is 1. The Kier molecular flexibility index (Phi) is 6.02. The Labute approximate surface area is 181 Å². The summed E-state index contributed by atoms with van der Waals surface area (Å²) in [6.07, 6.45) is 2.99. The maximum Gasteiger partial charge on any atom is 0.358 e. The van der Waals surface area contributed by atoms with Crippen LogP contribution >= 0.6 is 0 Å². The number of benzene rings is 2. The lowest BCUT2D eigenvalue weighted by atomic mass is 9.85. The zero-order valence-corrected chi connectivity index (χ0v) is 17.6. The summed E-state index contributed by atoms with van der Waals surface area (Å²) in [4.78, 5) is 24.7. The standard InChI is InChI=1S/C24H25N3O4/c1-3-31-24(29)21-15-22(27(26-21)19-10-12-20(30-2)13-11-19)17-8-5-9-18(14-17)25-23(28)16-6-4-7-16/h5,8-16H,3-4,6-7H2,1-2H3,(H,25,28). The van der Waals surface area contributed by atoms with Crippen molar-refractivity contribution in [2.75, 3.05) is 19.0 Å². The van der Waals surface area contributed by atoms with Crippen LogP contribution in [0.1, 0.15) is 36.7 Å². The van der Waals surface area contributed by atoms with Crippen molar-refractivity contribution in [1.82, 2.24) is 9.78 Å². The van der Waals surface area contributed by atoms with E-state index in [1.165, 1.54) is 0 Å². The van der Waals surface area contributed by atoms with Crippen molar-refractivity contribution in [3.63, 3.8) is 0 Å². The van der Waals surface area contributed by atoms with Crippen molar-refractivity contribution in [3.8, 4) is 22.7 Å². The Hall–Kier alpha value is -3.61. The van der Waals surface area contributed by atoms with Crippen molar-refractivity contribution < 1.29 is 19.1 Å². The van der Waals surface area contributed by atoms with Crippen molar-refractivity contribution in [2.45, 2.75) is 26.2 Å². The highest BCUT2D eigenvalue weighted by Crippen LogP contribution is 2.30.